The zero-order valence-electron chi connectivity index (χ0n) is 12.4. The first-order chi connectivity index (χ1) is 9.81. The fraction of sp³-hybridized carbons (Fsp3) is 0.579. The molecule has 0 fully saturated rings. The predicted octanol–water partition coefficient (Wildman–Crippen LogP) is 4.88. The Hall–Kier alpha value is -1.08. The van der Waals surface area contributed by atoms with Gasteiger partial charge in [-0.1, -0.05) is 43.2 Å². The van der Waals surface area contributed by atoms with Crippen molar-refractivity contribution < 1.29 is 5.11 Å². The first kappa shape index (κ1) is 13.9. The largest absolute Gasteiger partial charge is 0.381 e. The highest BCUT2D eigenvalue weighted by molar-refractivity contribution is 5.40. The van der Waals surface area contributed by atoms with Crippen LogP contribution in [0.3, 0.4) is 0 Å². The van der Waals surface area contributed by atoms with Crippen LogP contribution in [0.1, 0.15) is 68.9 Å². The zero-order chi connectivity index (χ0) is 13.8. The molecule has 1 aromatic carbocycles. The molecular weight excluding hydrogens is 244 g/mol. The lowest BCUT2D eigenvalue weighted by Crippen LogP contribution is -2.29. The lowest BCUT2D eigenvalue weighted by molar-refractivity contribution is 0.0612. The number of hydrogen-bond acceptors (Lipinski definition) is 1. The maximum atomic E-state index is 11.5. The molecular formula is C19H26O. The van der Waals surface area contributed by atoms with E-state index in [1.165, 1.54) is 48.8 Å². The highest BCUT2D eigenvalue weighted by atomic mass is 16.3. The second-order valence-electron chi connectivity index (χ2n) is 6.41. The summed E-state index contributed by atoms with van der Waals surface area (Å²) in [6.07, 6.45) is 14.1. The standard InChI is InChI=1S/C19H26O/c20-19(17-12-4-2-1-3-5-13-17)15-9-8-11-16-10-6-7-14-18(16)19/h6-7,10,12,14,20H,1-5,8-9,11,13,15H2/b17-12+. The van der Waals surface area contributed by atoms with E-state index in [9.17, 15) is 5.11 Å². The van der Waals surface area contributed by atoms with E-state index in [1.54, 1.807) is 0 Å². The smallest absolute Gasteiger partial charge is 0.111 e. The Morgan fingerprint density at radius 2 is 1.65 bits per heavy atom. The second-order valence-corrected chi connectivity index (χ2v) is 6.41. The van der Waals surface area contributed by atoms with E-state index in [0.717, 1.165) is 32.1 Å². The highest BCUT2D eigenvalue weighted by Crippen LogP contribution is 2.42. The van der Waals surface area contributed by atoms with Crippen LogP contribution in [0.15, 0.2) is 35.9 Å². The van der Waals surface area contributed by atoms with Gasteiger partial charge in [0.25, 0.3) is 0 Å². The number of aryl methyl sites for hydroxylation is 1. The molecule has 3 rings (SSSR count). The molecule has 0 amide bonds. The molecule has 1 unspecified atom stereocenters. The van der Waals surface area contributed by atoms with Crippen LogP contribution in [0.4, 0.5) is 0 Å². The SMILES string of the molecule is OC1(/C2=C/CCCCCC2)CCCCc2ccccc21. The molecule has 0 radical (unpaired) electrons. The third-order valence-electron chi connectivity index (χ3n) is 5.02. The Morgan fingerprint density at radius 3 is 2.60 bits per heavy atom. The van der Waals surface area contributed by atoms with Crippen LogP contribution in [0.5, 0.6) is 0 Å². The quantitative estimate of drug-likeness (QED) is 0.569. The first-order valence-electron chi connectivity index (χ1n) is 8.31. The van der Waals surface area contributed by atoms with Gasteiger partial charge in [-0.05, 0) is 68.1 Å². The van der Waals surface area contributed by atoms with E-state index in [-0.39, 0.29) is 0 Å². The molecule has 1 atom stereocenters. The summed E-state index contributed by atoms with van der Waals surface area (Å²) in [5.74, 6) is 0. The molecule has 0 spiro atoms. The molecule has 0 bridgehead atoms. The van der Waals surface area contributed by atoms with E-state index in [1.807, 2.05) is 0 Å². The Balaban J connectivity index is 2.00. The van der Waals surface area contributed by atoms with Gasteiger partial charge in [-0.2, -0.15) is 0 Å². The molecule has 0 heterocycles. The molecule has 1 aromatic rings. The van der Waals surface area contributed by atoms with Crippen LogP contribution < -0.4 is 0 Å². The number of rotatable bonds is 1. The number of hydrogen-bond donors (Lipinski definition) is 1. The summed E-state index contributed by atoms with van der Waals surface area (Å²) < 4.78 is 0. The molecule has 0 saturated heterocycles. The van der Waals surface area contributed by atoms with Crippen molar-refractivity contribution in [1.29, 1.82) is 0 Å². The van der Waals surface area contributed by atoms with Gasteiger partial charge < -0.3 is 5.11 Å². The Kier molecular flexibility index (Phi) is 4.26. The van der Waals surface area contributed by atoms with Crippen molar-refractivity contribution in [2.24, 2.45) is 0 Å². The third-order valence-corrected chi connectivity index (χ3v) is 5.02. The Labute approximate surface area is 122 Å². The summed E-state index contributed by atoms with van der Waals surface area (Å²) in [5, 5.41) is 11.5. The van der Waals surface area contributed by atoms with Gasteiger partial charge >= 0.3 is 0 Å². The Bertz CT molecular complexity index is 488. The molecule has 2 aliphatic carbocycles. The number of benzene rings is 1. The van der Waals surface area contributed by atoms with Crippen molar-refractivity contribution in [1.82, 2.24) is 0 Å². The van der Waals surface area contributed by atoms with E-state index in [0.29, 0.717) is 0 Å². The minimum atomic E-state index is -0.690. The zero-order valence-corrected chi connectivity index (χ0v) is 12.4. The third kappa shape index (κ3) is 2.69. The average Bonchev–Trinajstić information content (AvgIpc) is 2.59. The van der Waals surface area contributed by atoms with Crippen molar-refractivity contribution in [2.75, 3.05) is 0 Å². The van der Waals surface area contributed by atoms with E-state index >= 15 is 0 Å². The summed E-state index contributed by atoms with van der Waals surface area (Å²) in [4.78, 5) is 0. The van der Waals surface area contributed by atoms with Gasteiger partial charge in [-0.3, -0.25) is 0 Å². The van der Waals surface area contributed by atoms with Crippen molar-refractivity contribution in [3.63, 3.8) is 0 Å². The van der Waals surface area contributed by atoms with Crippen molar-refractivity contribution in [2.45, 2.75) is 69.8 Å². The van der Waals surface area contributed by atoms with Gasteiger partial charge in [0.2, 0.25) is 0 Å². The highest BCUT2D eigenvalue weighted by Gasteiger charge is 2.35. The van der Waals surface area contributed by atoms with Gasteiger partial charge in [-0.25, -0.2) is 0 Å². The monoisotopic (exact) mass is 270 g/mol. The summed E-state index contributed by atoms with van der Waals surface area (Å²) in [5.41, 5.74) is 3.15. The predicted molar refractivity (Wildman–Crippen MR) is 83.7 cm³/mol. The number of aliphatic hydroxyl groups is 1. The lowest BCUT2D eigenvalue weighted by atomic mass is 9.78. The van der Waals surface area contributed by atoms with Crippen molar-refractivity contribution in [3.05, 3.63) is 47.0 Å². The summed E-state index contributed by atoms with van der Waals surface area (Å²) >= 11 is 0. The van der Waals surface area contributed by atoms with E-state index < -0.39 is 5.60 Å². The Morgan fingerprint density at radius 1 is 0.850 bits per heavy atom. The summed E-state index contributed by atoms with van der Waals surface area (Å²) in [6.45, 7) is 0. The van der Waals surface area contributed by atoms with Crippen LogP contribution in [-0.2, 0) is 12.0 Å². The van der Waals surface area contributed by atoms with Crippen LogP contribution in [0.2, 0.25) is 0 Å². The van der Waals surface area contributed by atoms with Crippen LogP contribution >= 0.6 is 0 Å². The molecule has 2 aliphatic rings. The first-order valence-corrected chi connectivity index (χ1v) is 8.31. The van der Waals surface area contributed by atoms with Gasteiger partial charge in [0, 0.05) is 0 Å². The molecule has 20 heavy (non-hydrogen) atoms. The lowest BCUT2D eigenvalue weighted by Gasteiger charge is -2.33. The molecule has 0 saturated carbocycles. The van der Waals surface area contributed by atoms with Crippen LogP contribution in [0, 0.1) is 0 Å². The van der Waals surface area contributed by atoms with Crippen LogP contribution in [-0.4, -0.2) is 5.11 Å². The van der Waals surface area contributed by atoms with Gasteiger partial charge in [0.15, 0.2) is 0 Å². The van der Waals surface area contributed by atoms with Gasteiger partial charge in [0.05, 0.1) is 0 Å². The molecule has 1 heteroatoms. The normalized spacial score (nSPS) is 30.4. The molecule has 0 aliphatic heterocycles. The van der Waals surface area contributed by atoms with Crippen molar-refractivity contribution >= 4 is 0 Å². The number of fused-ring (bicyclic) bond motifs is 1. The topological polar surface area (TPSA) is 20.2 Å². The van der Waals surface area contributed by atoms with E-state index in [2.05, 4.69) is 30.3 Å². The maximum Gasteiger partial charge on any atom is 0.111 e. The van der Waals surface area contributed by atoms with Crippen molar-refractivity contribution in [3.8, 4) is 0 Å². The number of allylic oxidation sites excluding steroid dienone is 1. The fourth-order valence-electron chi connectivity index (χ4n) is 3.87. The van der Waals surface area contributed by atoms with Crippen LogP contribution in [0.25, 0.3) is 0 Å². The second kappa shape index (κ2) is 6.13. The fourth-order valence-corrected chi connectivity index (χ4v) is 3.87. The van der Waals surface area contributed by atoms with Gasteiger partial charge in [-0.15, -0.1) is 0 Å². The summed E-state index contributed by atoms with van der Waals surface area (Å²) in [6, 6.07) is 8.55. The molecule has 0 aromatic heterocycles. The minimum absolute atomic E-state index is 0.690. The summed E-state index contributed by atoms with van der Waals surface area (Å²) in [7, 11) is 0. The van der Waals surface area contributed by atoms with E-state index in [4.69, 9.17) is 0 Å². The van der Waals surface area contributed by atoms with Gasteiger partial charge in [0.1, 0.15) is 5.60 Å². The molecule has 1 nitrogen and oxygen atoms in total. The molecule has 108 valence electrons. The maximum absolute atomic E-state index is 11.5. The minimum Gasteiger partial charge on any atom is -0.381 e. The average molecular weight is 270 g/mol. The molecule has 1 N–H and O–H groups in total.